The zero-order valence-corrected chi connectivity index (χ0v) is 14.6. The van der Waals surface area contributed by atoms with Crippen molar-refractivity contribution < 1.29 is 19.1 Å². The number of carbonyl (C=O) groups excluding carboxylic acids is 2. The number of ether oxygens (including phenoxy) is 2. The number of benzene rings is 2. The van der Waals surface area contributed by atoms with Crippen LogP contribution >= 0.6 is 0 Å². The van der Waals surface area contributed by atoms with Crippen LogP contribution in [0.4, 0.5) is 0 Å². The van der Waals surface area contributed by atoms with Crippen LogP contribution in [0, 0.1) is 0 Å². The molecule has 0 heterocycles. The highest BCUT2D eigenvalue weighted by Gasteiger charge is 2.17. The number of carbonyl (C=O) groups is 2. The van der Waals surface area contributed by atoms with Crippen molar-refractivity contribution in [3.8, 4) is 11.5 Å². The number of nitrogens with one attached hydrogen (secondary N) is 1. The lowest BCUT2D eigenvalue weighted by atomic mass is 9.95. The SMILES string of the molecule is O=C(COC(=O)c1cccc(Oc2ccccc2)c1)NC1CCCCC1. The third-order valence-corrected chi connectivity index (χ3v) is 4.35. The van der Waals surface area contributed by atoms with Gasteiger partial charge in [0, 0.05) is 6.04 Å². The van der Waals surface area contributed by atoms with Crippen molar-refractivity contribution in [2.45, 2.75) is 38.1 Å². The summed E-state index contributed by atoms with van der Waals surface area (Å²) < 4.78 is 10.8. The van der Waals surface area contributed by atoms with Crippen LogP contribution in [0.2, 0.25) is 0 Å². The Labute approximate surface area is 153 Å². The molecule has 0 spiro atoms. The first-order chi connectivity index (χ1) is 12.7. The first-order valence-electron chi connectivity index (χ1n) is 9.00. The Bertz CT molecular complexity index is 739. The largest absolute Gasteiger partial charge is 0.457 e. The lowest BCUT2D eigenvalue weighted by Gasteiger charge is -2.22. The Morgan fingerprint density at radius 3 is 2.42 bits per heavy atom. The second kappa shape index (κ2) is 9.04. The summed E-state index contributed by atoms with van der Waals surface area (Å²) in [6.07, 6.45) is 5.50. The maximum Gasteiger partial charge on any atom is 0.338 e. The molecule has 0 saturated heterocycles. The van der Waals surface area contributed by atoms with E-state index >= 15 is 0 Å². The fraction of sp³-hybridized carbons (Fsp3) is 0.333. The van der Waals surface area contributed by atoms with Crippen LogP contribution in [0.25, 0.3) is 0 Å². The molecule has 0 atom stereocenters. The smallest absolute Gasteiger partial charge is 0.338 e. The van der Waals surface area contributed by atoms with Crippen LogP contribution in [-0.2, 0) is 9.53 Å². The molecule has 136 valence electrons. The molecule has 2 aromatic carbocycles. The van der Waals surface area contributed by atoms with Gasteiger partial charge in [0.25, 0.3) is 5.91 Å². The molecule has 5 nitrogen and oxygen atoms in total. The highest BCUT2D eigenvalue weighted by atomic mass is 16.5. The standard InChI is InChI=1S/C21H23NO4/c23-20(22-17-9-3-1-4-10-17)15-25-21(24)16-8-7-13-19(14-16)26-18-11-5-2-6-12-18/h2,5-8,11-14,17H,1,3-4,9-10,15H2,(H,22,23). The van der Waals surface area contributed by atoms with Gasteiger partial charge in [0.1, 0.15) is 11.5 Å². The highest BCUT2D eigenvalue weighted by Crippen LogP contribution is 2.22. The van der Waals surface area contributed by atoms with Crippen molar-refractivity contribution in [3.05, 3.63) is 60.2 Å². The van der Waals surface area contributed by atoms with Gasteiger partial charge in [-0.3, -0.25) is 4.79 Å². The van der Waals surface area contributed by atoms with Crippen molar-refractivity contribution in [3.63, 3.8) is 0 Å². The number of amides is 1. The van der Waals surface area contributed by atoms with E-state index in [9.17, 15) is 9.59 Å². The molecule has 0 aromatic heterocycles. The molecular formula is C21H23NO4. The summed E-state index contributed by atoms with van der Waals surface area (Å²) in [7, 11) is 0. The maximum atomic E-state index is 12.2. The normalized spacial score (nSPS) is 14.5. The van der Waals surface area contributed by atoms with Gasteiger partial charge in [-0.25, -0.2) is 4.79 Å². The minimum absolute atomic E-state index is 0.206. The minimum atomic E-state index is -0.540. The van der Waals surface area contributed by atoms with Crippen LogP contribution in [0.5, 0.6) is 11.5 Å². The van der Waals surface area contributed by atoms with Gasteiger partial charge in [0.15, 0.2) is 6.61 Å². The summed E-state index contributed by atoms with van der Waals surface area (Å²) in [5, 5.41) is 2.93. The quantitative estimate of drug-likeness (QED) is 0.795. The average molecular weight is 353 g/mol. The van der Waals surface area contributed by atoms with E-state index in [-0.39, 0.29) is 18.6 Å². The van der Waals surface area contributed by atoms with Gasteiger partial charge >= 0.3 is 5.97 Å². The molecule has 1 aliphatic rings. The molecule has 1 amide bonds. The van der Waals surface area contributed by atoms with E-state index in [1.807, 2.05) is 30.3 Å². The van der Waals surface area contributed by atoms with E-state index < -0.39 is 5.97 Å². The predicted octanol–water partition coefficient (Wildman–Crippen LogP) is 4.08. The van der Waals surface area contributed by atoms with Crippen LogP contribution in [0.15, 0.2) is 54.6 Å². The average Bonchev–Trinajstić information content (AvgIpc) is 2.68. The zero-order valence-electron chi connectivity index (χ0n) is 14.6. The molecule has 1 fully saturated rings. The van der Waals surface area contributed by atoms with Crippen LogP contribution in [-0.4, -0.2) is 24.5 Å². The van der Waals surface area contributed by atoms with Gasteiger partial charge in [-0.2, -0.15) is 0 Å². The summed E-state index contributed by atoms with van der Waals surface area (Å²) >= 11 is 0. The molecule has 3 rings (SSSR count). The van der Waals surface area contributed by atoms with Crippen LogP contribution in [0.1, 0.15) is 42.5 Å². The number of esters is 1. The van der Waals surface area contributed by atoms with Gasteiger partial charge in [-0.1, -0.05) is 43.5 Å². The Balaban J connectivity index is 1.51. The zero-order chi connectivity index (χ0) is 18.2. The molecular weight excluding hydrogens is 330 g/mol. The molecule has 1 aliphatic carbocycles. The molecule has 0 unspecified atom stereocenters. The molecule has 1 saturated carbocycles. The molecule has 0 bridgehead atoms. The monoisotopic (exact) mass is 353 g/mol. The topological polar surface area (TPSA) is 64.6 Å². The number of para-hydroxylation sites is 1. The summed E-state index contributed by atoms with van der Waals surface area (Å²) in [6, 6.07) is 16.2. The van der Waals surface area contributed by atoms with E-state index in [0.717, 1.165) is 25.7 Å². The van der Waals surface area contributed by atoms with Gasteiger partial charge < -0.3 is 14.8 Å². The van der Waals surface area contributed by atoms with E-state index in [4.69, 9.17) is 9.47 Å². The first kappa shape index (κ1) is 18.0. The molecule has 0 aliphatic heterocycles. The summed E-state index contributed by atoms with van der Waals surface area (Å²) in [6.45, 7) is -0.265. The minimum Gasteiger partial charge on any atom is -0.457 e. The first-order valence-corrected chi connectivity index (χ1v) is 9.00. The van der Waals surface area contributed by atoms with Crippen molar-refractivity contribution >= 4 is 11.9 Å². The lowest BCUT2D eigenvalue weighted by Crippen LogP contribution is -2.38. The van der Waals surface area contributed by atoms with Crippen LogP contribution in [0.3, 0.4) is 0 Å². The highest BCUT2D eigenvalue weighted by molar-refractivity contribution is 5.91. The molecule has 1 N–H and O–H groups in total. The van der Waals surface area contributed by atoms with Gasteiger partial charge in [-0.05, 0) is 43.2 Å². The second-order valence-electron chi connectivity index (χ2n) is 6.42. The van der Waals surface area contributed by atoms with Gasteiger partial charge in [0.05, 0.1) is 5.56 Å². The lowest BCUT2D eigenvalue weighted by molar-refractivity contribution is -0.125. The molecule has 2 aromatic rings. The van der Waals surface area contributed by atoms with Crippen molar-refractivity contribution in [2.75, 3.05) is 6.61 Å². The van der Waals surface area contributed by atoms with E-state index in [1.165, 1.54) is 6.42 Å². The summed E-state index contributed by atoms with van der Waals surface area (Å²) in [5.74, 6) is 0.437. The summed E-state index contributed by atoms with van der Waals surface area (Å²) in [4.78, 5) is 24.1. The van der Waals surface area contributed by atoms with Gasteiger partial charge in [0.2, 0.25) is 0 Å². The Kier molecular flexibility index (Phi) is 6.25. The van der Waals surface area contributed by atoms with E-state index in [2.05, 4.69) is 5.32 Å². The number of hydrogen-bond donors (Lipinski definition) is 1. The molecule has 0 radical (unpaired) electrons. The number of rotatable bonds is 6. The predicted molar refractivity (Wildman–Crippen MR) is 98.3 cm³/mol. The fourth-order valence-corrected chi connectivity index (χ4v) is 3.04. The third kappa shape index (κ3) is 5.34. The van der Waals surface area contributed by atoms with Crippen molar-refractivity contribution in [1.29, 1.82) is 0 Å². The molecule has 5 heteroatoms. The Morgan fingerprint density at radius 2 is 1.65 bits per heavy atom. The van der Waals surface area contributed by atoms with E-state index in [1.54, 1.807) is 24.3 Å². The van der Waals surface area contributed by atoms with Crippen molar-refractivity contribution in [2.24, 2.45) is 0 Å². The second-order valence-corrected chi connectivity index (χ2v) is 6.42. The van der Waals surface area contributed by atoms with Crippen LogP contribution < -0.4 is 10.1 Å². The summed E-state index contributed by atoms with van der Waals surface area (Å²) in [5.41, 5.74) is 0.351. The number of hydrogen-bond acceptors (Lipinski definition) is 4. The fourth-order valence-electron chi connectivity index (χ4n) is 3.04. The Hall–Kier alpha value is -2.82. The van der Waals surface area contributed by atoms with E-state index in [0.29, 0.717) is 17.1 Å². The maximum absolute atomic E-state index is 12.2. The third-order valence-electron chi connectivity index (χ3n) is 4.35. The molecule has 26 heavy (non-hydrogen) atoms. The van der Waals surface area contributed by atoms with Gasteiger partial charge in [-0.15, -0.1) is 0 Å². The van der Waals surface area contributed by atoms with Crippen molar-refractivity contribution in [1.82, 2.24) is 5.32 Å². The Morgan fingerprint density at radius 1 is 0.923 bits per heavy atom.